The molecule has 0 saturated carbocycles. The van der Waals surface area contributed by atoms with E-state index in [4.69, 9.17) is 4.74 Å². The average molecular weight is 370 g/mol. The molecule has 0 heterocycles. The minimum Gasteiger partial charge on any atom is -0.508 e. The molecule has 0 saturated heterocycles. The summed E-state index contributed by atoms with van der Waals surface area (Å²) in [5.41, 5.74) is 0.836. The van der Waals surface area contributed by atoms with Gasteiger partial charge in [-0.25, -0.2) is 9.59 Å². The molecule has 0 spiro atoms. The summed E-state index contributed by atoms with van der Waals surface area (Å²) in [6, 6.07) is 11.7. The highest BCUT2D eigenvalue weighted by molar-refractivity contribution is 5.99. The highest BCUT2D eigenvalue weighted by Gasteiger charge is 2.22. The van der Waals surface area contributed by atoms with E-state index in [-0.39, 0.29) is 17.0 Å². The zero-order valence-corrected chi connectivity index (χ0v) is 14.7. The molecule has 9 nitrogen and oxygen atoms in total. The van der Waals surface area contributed by atoms with Crippen LogP contribution in [0.15, 0.2) is 58.8 Å². The number of esters is 1. The lowest BCUT2D eigenvalue weighted by molar-refractivity contribution is -0.127. The van der Waals surface area contributed by atoms with E-state index in [1.54, 1.807) is 30.3 Å². The van der Waals surface area contributed by atoms with Gasteiger partial charge >= 0.3 is 12.0 Å². The normalized spacial score (nSPS) is 11.6. The topological polar surface area (TPSA) is 129 Å². The maximum absolute atomic E-state index is 12.4. The molecule has 27 heavy (non-hydrogen) atoms. The van der Waals surface area contributed by atoms with Gasteiger partial charge < -0.3 is 15.2 Å². The van der Waals surface area contributed by atoms with Crippen molar-refractivity contribution in [1.29, 1.82) is 0 Å². The summed E-state index contributed by atoms with van der Waals surface area (Å²) in [6.07, 6.45) is -1.18. The third-order valence-electron chi connectivity index (χ3n) is 3.36. The first-order chi connectivity index (χ1) is 12.9. The zero-order chi connectivity index (χ0) is 19.8. The molecule has 2 aromatic rings. The molecule has 0 fully saturated rings. The molecule has 0 aliphatic rings. The van der Waals surface area contributed by atoms with Crippen molar-refractivity contribution < 1.29 is 24.2 Å². The predicted octanol–water partition coefficient (Wildman–Crippen LogP) is 2.81. The van der Waals surface area contributed by atoms with E-state index in [0.29, 0.717) is 5.69 Å². The Kier molecular flexibility index (Phi) is 6.59. The van der Waals surface area contributed by atoms with Crippen LogP contribution >= 0.6 is 0 Å². The number of phenolic OH excluding ortho intramolecular Hbond substituents is 1. The Morgan fingerprint density at radius 1 is 1.04 bits per heavy atom. The second kappa shape index (κ2) is 9.09. The minimum atomic E-state index is -1.18. The number of benzene rings is 2. The molecule has 0 aromatic heterocycles. The molecule has 3 N–H and O–H groups in total. The Balaban J connectivity index is 2.11. The van der Waals surface area contributed by atoms with Crippen LogP contribution in [-0.4, -0.2) is 36.2 Å². The molecule has 3 amide bonds. The van der Waals surface area contributed by atoms with Crippen LogP contribution in [-0.2, 0) is 9.53 Å². The van der Waals surface area contributed by atoms with Crippen LogP contribution in [0.4, 0.5) is 16.2 Å². The quantitative estimate of drug-likeness (QED) is 0.550. The van der Waals surface area contributed by atoms with Crippen molar-refractivity contribution in [2.75, 3.05) is 7.05 Å². The molecular weight excluding hydrogens is 352 g/mol. The number of amides is 3. The van der Waals surface area contributed by atoms with Gasteiger partial charge in [0.25, 0.3) is 5.91 Å². The fourth-order valence-electron chi connectivity index (χ4n) is 1.92. The molecule has 0 aliphatic carbocycles. The first-order valence-electron chi connectivity index (χ1n) is 7.94. The minimum absolute atomic E-state index is 0.0990. The van der Waals surface area contributed by atoms with Gasteiger partial charge in [-0.15, -0.1) is 5.11 Å². The maximum Gasteiger partial charge on any atom is 0.341 e. The van der Waals surface area contributed by atoms with Gasteiger partial charge in [-0.05, 0) is 43.3 Å². The van der Waals surface area contributed by atoms with Crippen molar-refractivity contribution in [3.8, 4) is 5.75 Å². The van der Waals surface area contributed by atoms with Crippen LogP contribution in [0.3, 0.4) is 0 Å². The summed E-state index contributed by atoms with van der Waals surface area (Å²) in [5, 5.41) is 21.5. The number of ether oxygens (including phenoxy) is 1. The highest BCUT2D eigenvalue weighted by Crippen LogP contribution is 2.24. The lowest BCUT2D eigenvalue weighted by Crippen LogP contribution is -2.43. The molecule has 9 heteroatoms. The molecule has 0 unspecified atom stereocenters. The number of carbonyl (C=O) groups is 3. The van der Waals surface area contributed by atoms with Crippen LogP contribution in [0.2, 0.25) is 0 Å². The first kappa shape index (κ1) is 19.6. The maximum atomic E-state index is 12.4. The molecular formula is C18H18N4O5. The van der Waals surface area contributed by atoms with Gasteiger partial charge in [-0.3, -0.25) is 10.1 Å². The molecule has 140 valence electrons. The summed E-state index contributed by atoms with van der Waals surface area (Å²) < 4.78 is 5.09. The predicted molar refractivity (Wildman–Crippen MR) is 96.2 cm³/mol. The molecule has 0 bridgehead atoms. The van der Waals surface area contributed by atoms with Crippen LogP contribution in [0.25, 0.3) is 0 Å². The number of azo groups is 1. The molecule has 2 aromatic carbocycles. The van der Waals surface area contributed by atoms with Gasteiger partial charge in [-0.2, -0.15) is 5.11 Å². The summed E-state index contributed by atoms with van der Waals surface area (Å²) in [6.45, 7) is 1.34. The fourth-order valence-corrected chi connectivity index (χ4v) is 1.92. The third kappa shape index (κ3) is 5.63. The van der Waals surface area contributed by atoms with Gasteiger partial charge in [-0.1, -0.05) is 12.1 Å². The summed E-state index contributed by atoms with van der Waals surface area (Å²) in [5.74, 6) is -1.44. The Morgan fingerprint density at radius 2 is 1.70 bits per heavy atom. The zero-order valence-electron chi connectivity index (χ0n) is 14.7. The van der Waals surface area contributed by atoms with E-state index >= 15 is 0 Å². The van der Waals surface area contributed by atoms with Crippen LogP contribution < -0.4 is 10.6 Å². The second-order valence-corrected chi connectivity index (χ2v) is 5.35. The molecule has 0 aliphatic heterocycles. The van der Waals surface area contributed by atoms with Gasteiger partial charge in [0.15, 0.2) is 6.10 Å². The van der Waals surface area contributed by atoms with Gasteiger partial charge in [0.2, 0.25) is 0 Å². The van der Waals surface area contributed by atoms with E-state index < -0.39 is 24.0 Å². The van der Waals surface area contributed by atoms with Crippen molar-refractivity contribution in [3.05, 3.63) is 54.1 Å². The monoisotopic (exact) mass is 370 g/mol. The van der Waals surface area contributed by atoms with E-state index in [9.17, 15) is 19.5 Å². The lowest BCUT2D eigenvalue weighted by atomic mass is 10.2. The first-order valence-corrected chi connectivity index (χ1v) is 7.94. The smallest absolute Gasteiger partial charge is 0.341 e. The standard InChI is InChI=1S/C18H18N4O5/c1-11(16(24)20-18(26)19-2)27-17(25)14-5-3-4-6-15(14)22-21-12-7-9-13(23)10-8-12/h3-11,23H,1-2H3,(H2,19,20,24,26)/t11-/m1/s1. The SMILES string of the molecule is CNC(=O)NC(=O)[C@@H](C)OC(=O)c1ccccc1N=Nc1ccc(O)cc1. The van der Waals surface area contributed by atoms with Crippen LogP contribution in [0, 0.1) is 0 Å². The highest BCUT2D eigenvalue weighted by atomic mass is 16.5. The van der Waals surface area contributed by atoms with Crippen molar-refractivity contribution in [1.82, 2.24) is 10.6 Å². The lowest BCUT2D eigenvalue weighted by Gasteiger charge is -2.13. The Labute approximate surface area is 155 Å². The number of nitrogens with one attached hydrogen (secondary N) is 2. The van der Waals surface area contributed by atoms with Crippen molar-refractivity contribution in [2.24, 2.45) is 10.2 Å². The number of hydrogen-bond donors (Lipinski definition) is 3. The largest absolute Gasteiger partial charge is 0.508 e. The molecule has 0 radical (unpaired) electrons. The number of carbonyl (C=O) groups excluding carboxylic acids is 3. The number of urea groups is 1. The fraction of sp³-hybridized carbons (Fsp3) is 0.167. The molecule has 2 rings (SSSR count). The van der Waals surface area contributed by atoms with E-state index in [0.717, 1.165) is 0 Å². The van der Waals surface area contributed by atoms with E-state index in [1.165, 1.54) is 32.2 Å². The third-order valence-corrected chi connectivity index (χ3v) is 3.36. The van der Waals surface area contributed by atoms with Crippen molar-refractivity contribution in [2.45, 2.75) is 13.0 Å². The Morgan fingerprint density at radius 3 is 2.37 bits per heavy atom. The van der Waals surface area contributed by atoms with E-state index in [2.05, 4.69) is 15.5 Å². The summed E-state index contributed by atoms with van der Waals surface area (Å²) in [4.78, 5) is 35.3. The number of phenols is 1. The Hall–Kier alpha value is -3.75. The van der Waals surface area contributed by atoms with Gasteiger partial charge in [0.1, 0.15) is 11.4 Å². The van der Waals surface area contributed by atoms with Crippen LogP contribution in [0.1, 0.15) is 17.3 Å². The van der Waals surface area contributed by atoms with Crippen molar-refractivity contribution in [3.63, 3.8) is 0 Å². The Bertz CT molecular complexity index is 864. The van der Waals surface area contributed by atoms with Gasteiger partial charge in [0.05, 0.1) is 11.3 Å². The van der Waals surface area contributed by atoms with Crippen LogP contribution in [0.5, 0.6) is 5.75 Å². The summed E-state index contributed by atoms with van der Waals surface area (Å²) in [7, 11) is 1.36. The summed E-state index contributed by atoms with van der Waals surface area (Å²) >= 11 is 0. The number of rotatable bonds is 5. The number of nitrogens with zero attached hydrogens (tertiary/aromatic N) is 2. The number of imide groups is 1. The second-order valence-electron chi connectivity index (χ2n) is 5.35. The average Bonchev–Trinajstić information content (AvgIpc) is 2.67. The van der Waals surface area contributed by atoms with Crippen molar-refractivity contribution >= 4 is 29.3 Å². The van der Waals surface area contributed by atoms with Gasteiger partial charge in [0, 0.05) is 7.05 Å². The number of hydrogen-bond acceptors (Lipinski definition) is 7. The molecule has 1 atom stereocenters. The van der Waals surface area contributed by atoms with E-state index in [1.807, 2.05) is 5.32 Å². The number of aromatic hydroxyl groups is 1.